The highest BCUT2D eigenvalue weighted by Gasteiger charge is 2.59. The first-order valence-corrected chi connectivity index (χ1v) is 14.8. The molecule has 16 heteroatoms. The summed E-state index contributed by atoms with van der Waals surface area (Å²) >= 11 is 6.33. The van der Waals surface area contributed by atoms with Crippen LogP contribution in [0.5, 0.6) is 0 Å². The van der Waals surface area contributed by atoms with Crippen LogP contribution in [0.15, 0.2) is 60.0 Å². The van der Waals surface area contributed by atoms with Gasteiger partial charge in [0.15, 0.2) is 17.3 Å². The third-order valence-electron chi connectivity index (χ3n) is 8.49. The largest absolute Gasteiger partial charge is 0.394 e. The second-order valence-electron chi connectivity index (χ2n) is 12.1. The summed E-state index contributed by atoms with van der Waals surface area (Å²) < 4.78 is 70.3. The minimum Gasteiger partial charge on any atom is -0.369 e. The van der Waals surface area contributed by atoms with Crippen LogP contribution in [0.25, 0.3) is 22.6 Å². The van der Waals surface area contributed by atoms with Crippen LogP contribution in [0.1, 0.15) is 69.8 Å². The average Bonchev–Trinajstić information content (AvgIpc) is 3.41. The Labute approximate surface area is 265 Å². The van der Waals surface area contributed by atoms with Gasteiger partial charge in [-0.3, -0.25) is 9.69 Å². The average molecular weight is 662 g/mol. The van der Waals surface area contributed by atoms with Crippen LogP contribution in [0.2, 0.25) is 5.02 Å². The normalized spacial score (nSPS) is 19.7. The van der Waals surface area contributed by atoms with Gasteiger partial charge in [0, 0.05) is 11.1 Å². The fourth-order valence-electron chi connectivity index (χ4n) is 5.64. The molecule has 242 valence electrons. The number of carbonyl (C=O) groups is 1. The number of guanidine groups is 1. The molecule has 2 aromatic carbocycles. The SMILES string of the molecule is C[C@@H](c1ccc(Cl)c(-c2ncnn2C(F)F)c1)N1C(=O)[C@@](CC(C)(C)C(F)(F)F)(c2ccc(-c3cnn(C4CC4)n3)cc2)N=C1N. The number of hydrogen-bond donors (Lipinski definition) is 1. The molecule has 0 spiro atoms. The van der Waals surface area contributed by atoms with Gasteiger partial charge in [-0.25, -0.2) is 9.98 Å². The number of aromatic nitrogens is 6. The Balaban J connectivity index is 1.38. The number of rotatable bonds is 9. The summed E-state index contributed by atoms with van der Waals surface area (Å²) in [5.74, 6) is -1.27. The maximum atomic E-state index is 14.4. The zero-order valence-corrected chi connectivity index (χ0v) is 25.6. The minimum atomic E-state index is -4.67. The highest BCUT2D eigenvalue weighted by molar-refractivity contribution is 6.33. The van der Waals surface area contributed by atoms with Gasteiger partial charge < -0.3 is 5.73 Å². The van der Waals surface area contributed by atoms with Gasteiger partial charge in [0.05, 0.1) is 28.7 Å². The van der Waals surface area contributed by atoms with E-state index < -0.39 is 42.0 Å². The molecule has 2 aliphatic rings. The van der Waals surface area contributed by atoms with Gasteiger partial charge in [0.2, 0.25) is 0 Å². The smallest absolute Gasteiger partial charge is 0.369 e. The number of amides is 1. The molecule has 0 saturated heterocycles. The van der Waals surface area contributed by atoms with Gasteiger partial charge >= 0.3 is 12.7 Å². The predicted octanol–water partition coefficient (Wildman–Crippen LogP) is 6.68. The fraction of sp³-hybridized carbons (Fsp3) is 0.400. The van der Waals surface area contributed by atoms with Crippen LogP contribution >= 0.6 is 11.6 Å². The maximum Gasteiger partial charge on any atom is 0.394 e. The lowest BCUT2D eigenvalue weighted by molar-refractivity contribution is -0.218. The first kappa shape index (κ1) is 31.6. The van der Waals surface area contributed by atoms with Crippen LogP contribution in [0.3, 0.4) is 0 Å². The van der Waals surface area contributed by atoms with Gasteiger partial charge in [-0.2, -0.15) is 46.7 Å². The second kappa shape index (κ2) is 11.1. The van der Waals surface area contributed by atoms with Crippen molar-refractivity contribution in [2.75, 3.05) is 0 Å². The number of benzene rings is 2. The zero-order chi connectivity index (χ0) is 33.2. The summed E-state index contributed by atoms with van der Waals surface area (Å²) in [6, 6.07) is 10.3. The van der Waals surface area contributed by atoms with E-state index in [0.29, 0.717) is 21.5 Å². The molecule has 46 heavy (non-hydrogen) atoms. The van der Waals surface area contributed by atoms with E-state index in [2.05, 4.69) is 25.3 Å². The maximum absolute atomic E-state index is 14.4. The Morgan fingerprint density at radius 3 is 2.41 bits per heavy atom. The van der Waals surface area contributed by atoms with Crippen molar-refractivity contribution in [3.05, 3.63) is 71.1 Å². The number of hydrogen-bond acceptors (Lipinski definition) is 7. The Hall–Kier alpha value is -4.40. The summed E-state index contributed by atoms with van der Waals surface area (Å²) in [4.78, 5) is 25.5. The second-order valence-corrected chi connectivity index (χ2v) is 12.6. The van der Waals surface area contributed by atoms with Crippen molar-refractivity contribution in [2.24, 2.45) is 16.1 Å². The third kappa shape index (κ3) is 5.39. The number of nitrogens with zero attached hydrogens (tertiary/aromatic N) is 8. The number of aliphatic imine (C=N–C) groups is 1. The van der Waals surface area contributed by atoms with Crippen molar-refractivity contribution in [1.82, 2.24) is 34.7 Å². The lowest BCUT2D eigenvalue weighted by atomic mass is 9.74. The monoisotopic (exact) mass is 661 g/mol. The fourth-order valence-corrected chi connectivity index (χ4v) is 5.84. The van der Waals surface area contributed by atoms with E-state index in [4.69, 9.17) is 17.3 Å². The molecule has 0 unspecified atom stereocenters. The summed E-state index contributed by atoms with van der Waals surface area (Å²) in [6.45, 7) is 0.624. The third-order valence-corrected chi connectivity index (χ3v) is 8.82. The van der Waals surface area contributed by atoms with Crippen LogP contribution in [-0.4, -0.2) is 52.7 Å². The number of alkyl halides is 5. The van der Waals surface area contributed by atoms with Crippen LogP contribution < -0.4 is 5.73 Å². The molecule has 2 N–H and O–H groups in total. The number of halogens is 6. The van der Waals surface area contributed by atoms with Gasteiger partial charge in [0.25, 0.3) is 5.91 Å². The summed E-state index contributed by atoms with van der Waals surface area (Å²) in [5.41, 5.74) is 3.95. The van der Waals surface area contributed by atoms with Gasteiger partial charge in [0.1, 0.15) is 12.0 Å². The van der Waals surface area contributed by atoms with Crippen LogP contribution in [0.4, 0.5) is 22.0 Å². The first-order valence-electron chi connectivity index (χ1n) is 14.4. The molecule has 0 bridgehead atoms. The molecule has 2 atom stereocenters. The lowest BCUT2D eigenvalue weighted by Gasteiger charge is -2.36. The van der Waals surface area contributed by atoms with Crippen molar-refractivity contribution in [2.45, 2.75) is 70.4 Å². The standard InChI is InChI=1S/C30H29ClF5N9O/c1-16(18-6-11-22(31)21(12-18)24-38-15-40-44(24)26(32)33)43-25(46)29(41-27(43)37,14-28(2,3)30(34,35)36)19-7-4-17(5-8-19)23-13-39-45(42-23)20-9-10-20/h4-8,11-13,15-16,20,26H,9-10,14H2,1-3H3,(H2,37,41)/t16-,29+/m0/s1. The Kier molecular flexibility index (Phi) is 7.65. The first-order chi connectivity index (χ1) is 21.6. The summed E-state index contributed by atoms with van der Waals surface area (Å²) in [7, 11) is 0. The van der Waals surface area contributed by atoms with Crippen molar-refractivity contribution in [3.63, 3.8) is 0 Å². The van der Waals surface area contributed by atoms with Crippen LogP contribution in [0, 0.1) is 5.41 Å². The van der Waals surface area contributed by atoms with Crippen molar-refractivity contribution < 1.29 is 26.7 Å². The highest BCUT2D eigenvalue weighted by Crippen LogP contribution is 2.51. The van der Waals surface area contributed by atoms with Gasteiger partial charge in [-0.1, -0.05) is 55.8 Å². The quantitative estimate of drug-likeness (QED) is 0.200. The summed E-state index contributed by atoms with van der Waals surface area (Å²) in [6.07, 6.45) is -0.838. The van der Waals surface area contributed by atoms with E-state index in [0.717, 1.165) is 37.9 Å². The molecule has 3 heterocycles. The molecule has 1 amide bonds. The highest BCUT2D eigenvalue weighted by atomic mass is 35.5. The topological polar surface area (TPSA) is 120 Å². The number of nitrogens with two attached hydrogens (primary N) is 1. The molecule has 10 nitrogen and oxygen atoms in total. The Morgan fingerprint density at radius 1 is 1.09 bits per heavy atom. The molecule has 1 aliphatic heterocycles. The molecule has 0 radical (unpaired) electrons. The van der Waals surface area contributed by atoms with E-state index in [1.807, 2.05) is 0 Å². The minimum absolute atomic E-state index is 0.0961. The molecular weight excluding hydrogens is 633 g/mol. The van der Waals surface area contributed by atoms with Crippen molar-refractivity contribution in [3.8, 4) is 22.6 Å². The Morgan fingerprint density at radius 2 is 1.78 bits per heavy atom. The summed E-state index contributed by atoms with van der Waals surface area (Å²) in [5, 5.41) is 12.4. The zero-order valence-electron chi connectivity index (χ0n) is 24.9. The molecular formula is C30H29ClF5N9O. The van der Waals surface area contributed by atoms with E-state index in [1.165, 1.54) is 12.1 Å². The van der Waals surface area contributed by atoms with Crippen molar-refractivity contribution >= 4 is 23.5 Å². The van der Waals surface area contributed by atoms with Crippen LogP contribution in [-0.2, 0) is 10.3 Å². The Bertz CT molecular complexity index is 1810. The molecule has 1 fully saturated rings. The van der Waals surface area contributed by atoms with E-state index >= 15 is 0 Å². The molecule has 1 aliphatic carbocycles. The number of carbonyl (C=O) groups excluding carboxylic acids is 1. The predicted molar refractivity (Wildman–Crippen MR) is 158 cm³/mol. The molecule has 2 aromatic heterocycles. The van der Waals surface area contributed by atoms with Crippen molar-refractivity contribution in [1.29, 1.82) is 0 Å². The van der Waals surface area contributed by atoms with E-state index in [1.54, 1.807) is 48.2 Å². The molecule has 4 aromatic rings. The molecule has 1 saturated carbocycles. The van der Waals surface area contributed by atoms with E-state index in [9.17, 15) is 26.7 Å². The van der Waals surface area contributed by atoms with Gasteiger partial charge in [-0.15, -0.1) is 0 Å². The molecule has 6 rings (SSSR count). The van der Waals surface area contributed by atoms with E-state index in [-0.39, 0.29) is 34.0 Å². The lowest BCUT2D eigenvalue weighted by Crippen LogP contribution is -2.47. The van der Waals surface area contributed by atoms with Gasteiger partial charge in [-0.05, 0) is 49.4 Å².